The van der Waals surface area contributed by atoms with Crippen LogP contribution >= 0.6 is 15.9 Å². The lowest BCUT2D eigenvalue weighted by atomic mass is 10.1. The first-order chi connectivity index (χ1) is 19.2. The van der Waals surface area contributed by atoms with Crippen molar-refractivity contribution < 1.29 is 23.9 Å². The number of fused-ring (bicyclic) bond motifs is 1. The predicted octanol–water partition coefficient (Wildman–Crippen LogP) is 4.10. The molecule has 0 spiro atoms. The van der Waals surface area contributed by atoms with Gasteiger partial charge in [0.2, 0.25) is 5.75 Å². The number of morpholine rings is 1. The molecule has 0 aliphatic carbocycles. The molecule has 2 aromatic carbocycles. The third-order valence-corrected chi connectivity index (χ3v) is 6.96. The summed E-state index contributed by atoms with van der Waals surface area (Å²) in [7, 11) is 0. The third-order valence-electron chi connectivity index (χ3n) is 6.47. The van der Waals surface area contributed by atoms with Gasteiger partial charge in [0, 0.05) is 35.1 Å². The standard InChI is InChI=1S/C27H30BrN5O7/c1-4-17(3)26-30-21-7-6-19(28)14-20(21)27(35)32(26)29-15-18-12-22(33(36)37)25(23(13-18)39-5-2)40-16-24(34)31-8-10-38-11-9-31/h6-7,12-15,17H,4-5,8-11,16H2,1-3H3/t17-/m0/s1. The van der Waals surface area contributed by atoms with E-state index in [1.807, 2.05) is 19.9 Å². The molecule has 1 aliphatic heterocycles. The van der Waals surface area contributed by atoms with Crippen LogP contribution in [0.25, 0.3) is 10.9 Å². The average Bonchev–Trinajstić information content (AvgIpc) is 2.96. The van der Waals surface area contributed by atoms with E-state index in [9.17, 15) is 19.7 Å². The Balaban J connectivity index is 1.72. The summed E-state index contributed by atoms with van der Waals surface area (Å²) < 4.78 is 18.5. The molecule has 0 saturated carbocycles. The van der Waals surface area contributed by atoms with Crippen molar-refractivity contribution >= 4 is 44.6 Å². The van der Waals surface area contributed by atoms with Gasteiger partial charge in [-0.15, -0.1) is 0 Å². The minimum atomic E-state index is -0.611. The second-order valence-corrected chi connectivity index (χ2v) is 10.1. The Morgan fingerprint density at radius 3 is 2.67 bits per heavy atom. The quantitative estimate of drug-likeness (QED) is 0.189. The molecule has 13 heteroatoms. The number of carbonyl (C=O) groups is 1. The fourth-order valence-electron chi connectivity index (χ4n) is 4.17. The first-order valence-corrected chi connectivity index (χ1v) is 13.7. The minimum Gasteiger partial charge on any atom is -0.490 e. The number of hydrogen-bond donors (Lipinski definition) is 0. The van der Waals surface area contributed by atoms with Crippen LogP contribution in [0.1, 0.15) is 44.5 Å². The van der Waals surface area contributed by atoms with Crippen LogP contribution in [0.2, 0.25) is 0 Å². The van der Waals surface area contributed by atoms with Crippen LogP contribution in [-0.4, -0.2) is 71.1 Å². The Morgan fingerprint density at radius 1 is 1.25 bits per heavy atom. The van der Waals surface area contributed by atoms with Crippen LogP contribution in [0.4, 0.5) is 5.69 Å². The van der Waals surface area contributed by atoms with Gasteiger partial charge in [0.1, 0.15) is 5.82 Å². The van der Waals surface area contributed by atoms with E-state index >= 15 is 0 Å². The number of amides is 1. The molecule has 0 unspecified atom stereocenters. The molecule has 12 nitrogen and oxygen atoms in total. The number of nitro groups is 1. The summed E-state index contributed by atoms with van der Waals surface area (Å²) >= 11 is 3.39. The summed E-state index contributed by atoms with van der Waals surface area (Å²) in [5, 5.41) is 16.8. The largest absolute Gasteiger partial charge is 0.490 e. The smallest absolute Gasteiger partial charge is 0.315 e. The Kier molecular flexibility index (Phi) is 9.48. The van der Waals surface area contributed by atoms with Gasteiger partial charge in [-0.05, 0) is 37.6 Å². The van der Waals surface area contributed by atoms with Crippen molar-refractivity contribution in [1.29, 1.82) is 0 Å². The van der Waals surface area contributed by atoms with E-state index in [-0.39, 0.29) is 42.1 Å². The van der Waals surface area contributed by atoms with Crippen LogP contribution in [-0.2, 0) is 9.53 Å². The van der Waals surface area contributed by atoms with Gasteiger partial charge in [-0.3, -0.25) is 19.7 Å². The summed E-state index contributed by atoms with van der Waals surface area (Å²) in [6.07, 6.45) is 2.07. The summed E-state index contributed by atoms with van der Waals surface area (Å²) in [6.45, 7) is 7.18. The number of ether oxygens (including phenoxy) is 3. The van der Waals surface area contributed by atoms with Gasteiger partial charge in [0.05, 0.1) is 41.9 Å². The van der Waals surface area contributed by atoms with Crippen molar-refractivity contribution in [3.05, 3.63) is 66.7 Å². The average molecular weight is 616 g/mol. The molecule has 0 N–H and O–H groups in total. The molecule has 0 radical (unpaired) electrons. The lowest BCUT2D eigenvalue weighted by Gasteiger charge is -2.26. The zero-order valence-corrected chi connectivity index (χ0v) is 24.0. The summed E-state index contributed by atoms with van der Waals surface area (Å²) in [5.74, 6) is 0.0204. The van der Waals surface area contributed by atoms with Crippen molar-refractivity contribution in [2.75, 3.05) is 39.5 Å². The van der Waals surface area contributed by atoms with E-state index in [2.05, 4.69) is 26.0 Å². The van der Waals surface area contributed by atoms with Crippen LogP contribution in [0.15, 0.2) is 44.7 Å². The lowest BCUT2D eigenvalue weighted by molar-refractivity contribution is -0.385. The van der Waals surface area contributed by atoms with Gasteiger partial charge < -0.3 is 19.1 Å². The highest BCUT2D eigenvalue weighted by molar-refractivity contribution is 9.10. The van der Waals surface area contributed by atoms with Crippen LogP contribution < -0.4 is 15.0 Å². The number of hydrogen-bond acceptors (Lipinski definition) is 9. The Labute approximate surface area is 238 Å². The second kappa shape index (κ2) is 13.0. The van der Waals surface area contributed by atoms with Gasteiger partial charge in [0.15, 0.2) is 12.4 Å². The van der Waals surface area contributed by atoms with Crippen molar-refractivity contribution in [1.82, 2.24) is 14.6 Å². The zero-order chi connectivity index (χ0) is 28.8. The number of nitro benzene ring substituents is 1. The predicted molar refractivity (Wildman–Crippen MR) is 153 cm³/mol. The zero-order valence-electron chi connectivity index (χ0n) is 22.5. The molecule has 1 atom stereocenters. The SMILES string of the molecule is CCOc1cc(C=Nn2c([C@@H](C)CC)nc3ccc(Br)cc3c2=O)cc([N+](=O)[O-])c1OCC(=O)N1CCOCC1. The first-order valence-electron chi connectivity index (χ1n) is 12.9. The maximum Gasteiger partial charge on any atom is 0.315 e. The molecule has 1 saturated heterocycles. The Bertz CT molecular complexity index is 1500. The molecule has 4 rings (SSSR count). The molecule has 212 valence electrons. The number of benzene rings is 2. The van der Waals surface area contributed by atoms with E-state index in [0.29, 0.717) is 48.6 Å². The molecular formula is C27H30BrN5O7. The summed E-state index contributed by atoms with van der Waals surface area (Å²) in [5.41, 5.74) is 0.104. The highest BCUT2D eigenvalue weighted by Crippen LogP contribution is 2.38. The highest BCUT2D eigenvalue weighted by atomic mass is 79.9. The molecule has 1 aromatic heterocycles. The molecule has 1 aliphatic rings. The molecule has 1 amide bonds. The monoisotopic (exact) mass is 615 g/mol. The number of aromatic nitrogens is 2. The van der Waals surface area contributed by atoms with Crippen molar-refractivity contribution in [3.63, 3.8) is 0 Å². The van der Waals surface area contributed by atoms with E-state index < -0.39 is 10.6 Å². The molecule has 0 bridgehead atoms. The van der Waals surface area contributed by atoms with Gasteiger partial charge in [-0.25, -0.2) is 4.98 Å². The topological polar surface area (TPSA) is 138 Å². The van der Waals surface area contributed by atoms with E-state index in [1.165, 1.54) is 23.0 Å². The van der Waals surface area contributed by atoms with Gasteiger partial charge in [-0.2, -0.15) is 9.78 Å². The normalized spacial score (nSPS) is 14.4. The summed E-state index contributed by atoms with van der Waals surface area (Å²) in [4.78, 5) is 43.7. The number of halogens is 1. The highest BCUT2D eigenvalue weighted by Gasteiger charge is 2.25. The fraction of sp³-hybridized carbons (Fsp3) is 0.407. The number of rotatable bonds is 10. The van der Waals surface area contributed by atoms with Crippen molar-refractivity contribution in [2.45, 2.75) is 33.1 Å². The number of nitrogens with zero attached hydrogens (tertiary/aromatic N) is 5. The molecule has 2 heterocycles. The lowest BCUT2D eigenvalue weighted by Crippen LogP contribution is -2.43. The van der Waals surface area contributed by atoms with Crippen molar-refractivity contribution in [2.24, 2.45) is 5.10 Å². The van der Waals surface area contributed by atoms with Crippen LogP contribution in [0, 0.1) is 10.1 Å². The molecular weight excluding hydrogens is 586 g/mol. The van der Waals surface area contributed by atoms with E-state index in [4.69, 9.17) is 14.2 Å². The molecule has 1 fully saturated rings. The third kappa shape index (κ3) is 6.48. The van der Waals surface area contributed by atoms with Crippen molar-refractivity contribution in [3.8, 4) is 11.5 Å². The fourth-order valence-corrected chi connectivity index (χ4v) is 4.53. The van der Waals surface area contributed by atoms with E-state index in [0.717, 1.165) is 10.9 Å². The van der Waals surface area contributed by atoms with Gasteiger partial charge in [0.25, 0.3) is 11.5 Å². The Morgan fingerprint density at radius 2 is 2.00 bits per heavy atom. The maximum absolute atomic E-state index is 13.4. The van der Waals surface area contributed by atoms with Crippen LogP contribution in [0.5, 0.6) is 11.5 Å². The van der Waals surface area contributed by atoms with Gasteiger partial charge in [-0.1, -0.05) is 29.8 Å². The first kappa shape index (κ1) is 29.2. The number of carbonyl (C=O) groups excluding carboxylic acids is 1. The maximum atomic E-state index is 13.4. The molecule has 40 heavy (non-hydrogen) atoms. The summed E-state index contributed by atoms with van der Waals surface area (Å²) in [6, 6.07) is 8.04. The van der Waals surface area contributed by atoms with Gasteiger partial charge >= 0.3 is 5.69 Å². The van der Waals surface area contributed by atoms with E-state index in [1.54, 1.807) is 24.0 Å². The Hall–Kier alpha value is -3.84. The second-order valence-electron chi connectivity index (χ2n) is 9.14. The van der Waals surface area contributed by atoms with Crippen LogP contribution in [0.3, 0.4) is 0 Å². The molecule has 3 aromatic rings. The minimum absolute atomic E-state index is 0.0778.